The Kier molecular flexibility index (Phi) is 4.52. The number of aryl methyl sites for hydroxylation is 1. The number of benzene rings is 1. The lowest BCUT2D eigenvalue weighted by Crippen LogP contribution is -2.45. The van der Waals surface area contributed by atoms with Gasteiger partial charge in [-0.1, -0.05) is 0 Å². The van der Waals surface area contributed by atoms with Crippen molar-refractivity contribution in [3.8, 4) is 5.75 Å². The Labute approximate surface area is 161 Å². The number of rotatable bonds is 4. The first-order chi connectivity index (χ1) is 13.3. The number of nitrogens with zero attached hydrogens (tertiary/aromatic N) is 3. The zero-order chi connectivity index (χ0) is 20.0. The number of carbonyl (C=O) groups is 1. The average molecular weight is 389 g/mol. The number of ether oxygens (including phenoxy) is 1. The van der Waals surface area contributed by atoms with Crippen LogP contribution in [-0.2, 0) is 4.79 Å². The smallest absolute Gasteiger partial charge is 0.246 e. The highest BCUT2D eigenvalue weighted by molar-refractivity contribution is 6.03. The molecule has 0 saturated heterocycles. The molecule has 1 atom stereocenters. The van der Waals surface area contributed by atoms with Crippen LogP contribution in [-0.4, -0.2) is 41.1 Å². The number of carbonyl (C=O) groups excluding carboxylic acids is 1. The highest BCUT2D eigenvalue weighted by atomic mass is 19.1. The fraction of sp³-hybridized carbons (Fsp3) is 0.421. The summed E-state index contributed by atoms with van der Waals surface area (Å²) in [5, 5.41) is 6.10. The number of amides is 1. The van der Waals surface area contributed by atoms with Gasteiger partial charge in [0.2, 0.25) is 11.9 Å². The Morgan fingerprint density at radius 2 is 2.04 bits per heavy atom. The maximum Gasteiger partial charge on any atom is 0.246 e. The molecule has 0 bridgehead atoms. The molecular weight excluding hydrogens is 368 g/mol. The van der Waals surface area contributed by atoms with E-state index in [0.717, 1.165) is 6.07 Å². The molecule has 4 rings (SSSR count). The van der Waals surface area contributed by atoms with Crippen molar-refractivity contribution >= 4 is 23.4 Å². The standard InChI is InChI=1S/C19H21F2N5O2/c1-9-16-17(26(3)10(2)18(27)24-16)25-19(22-9)23-12-7-13(8-12)28-15-5-4-11(20)6-14(15)21/h4-6,10,12-13H,7-8H2,1-3H3,(H,24,27)(H,22,23,25)/t10-,12-,13-/m0/s1. The van der Waals surface area contributed by atoms with Gasteiger partial charge in [-0.05, 0) is 26.0 Å². The van der Waals surface area contributed by atoms with E-state index < -0.39 is 11.6 Å². The number of likely N-dealkylation sites (N-methyl/N-ethyl adjacent to an activating group) is 1. The lowest BCUT2D eigenvalue weighted by molar-refractivity contribution is -0.117. The van der Waals surface area contributed by atoms with Gasteiger partial charge in [0.15, 0.2) is 17.4 Å². The van der Waals surface area contributed by atoms with E-state index in [1.54, 1.807) is 0 Å². The molecule has 1 saturated carbocycles. The molecule has 1 aliphatic heterocycles. The van der Waals surface area contributed by atoms with Crippen molar-refractivity contribution in [2.45, 2.75) is 44.9 Å². The van der Waals surface area contributed by atoms with Crippen LogP contribution >= 0.6 is 0 Å². The third-order valence-corrected chi connectivity index (χ3v) is 5.23. The Morgan fingerprint density at radius 3 is 2.75 bits per heavy atom. The number of nitrogens with one attached hydrogen (secondary N) is 2. The second-order valence-corrected chi connectivity index (χ2v) is 7.23. The van der Waals surface area contributed by atoms with Gasteiger partial charge < -0.3 is 20.3 Å². The molecule has 7 nitrogen and oxygen atoms in total. The fourth-order valence-electron chi connectivity index (χ4n) is 3.32. The van der Waals surface area contributed by atoms with Crippen molar-refractivity contribution in [2.24, 2.45) is 0 Å². The second-order valence-electron chi connectivity index (χ2n) is 7.23. The van der Waals surface area contributed by atoms with Gasteiger partial charge in [0.25, 0.3) is 0 Å². The molecule has 2 aromatic rings. The van der Waals surface area contributed by atoms with Crippen molar-refractivity contribution in [1.29, 1.82) is 0 Å². The second kappa shape index (κ2) is 6.88. The largest absolute Gasteiger partial charge is 0.487 e. The van der Waals surface area contributed by atoms with Crippen LogP contribution in [0.25, 0.3) is 0 Å². The molecule has 1 fully saturated rings. The minimum Gasteiger partial charge on any atom is -0.487 e. The number of hydrogen-bond acceptors (Lipinski definition) is 6. The van der Waals surface area contributed by atoms with Crippen molar-refractivity contribution in [2.75, 3.05) is 22.6 Å². The number of halogens is 2. The van der Waals surface area contributed by atoms with E-state index in [9.17, 15) is 13.6 Å². The van der Waals surface area contributed by atoms with E-state index in [1.165, 1.54) is 12.1 Å². The van der Waals surface area contributed by atoms with Crippen LogP contribution in [0, 0.1) is 18.6 Å². The molecule has 2 N–H and O–H groups in total. The van der Waals surface area contributed by atoms with E-state index in [0.29, 0.717) is 36.0 Å². The van der Waals surface area contributed by atoms with E-state index in [2.05, 4.69) is 20.6 Å². The first-order valence-corrected chi connectivity index (χ1v) is 9.12. The molecular formula is C19H21F2N5O2. The van der Waals surface area contributed by atoms with E-state index in [-0.39, 0.29) is 29.8 Å². The monoisotopic (exact) mass is 389 g/mol. The average Bonchev–Trinajstić information content (AvgIpc) is 2.61. The Morgan fingerprint density at radius 1 is 1.29 bits per heavy atom. The van der Waals surface area contributed by atoms with Crippen LogP contribution in [0.3, 0.4) is 0 Å². The summed E-state index contributed by atoms with van der Waals surface area (Å²) >= 11 is 0. The maximum absolute atomic E-state index is 13.7. The van der Waals surface area contributed by atoms with Crippen LogP contribution in [0.4, 0.5) is 26.2 Å². The minimum absolute atomic E-state index is 0.0529. The van der Waals surface area contributed by atoms with E-state index >= 15 is 0 Å². The van der Waals surface area contributed by atoms with Gasteiger partial charge in [-0.3, -0.25) is 4.79 Å². The van der Waals surface area contributed by atoms with Crippen LogP contribution < -0.4 is 20.3 Å². The van der Waals surface area contributed by atoms with Crippen molar-refractivity contribution in [3.63, 3.8) is 0 Å². The third-order valence-electron chi connectivity index (χ3n) is 5.23. The summed E-state index contributed by atoms with van der Waals surface area (Å²) in [6.45, 7) is 3.63. The van der Waals surface area contributed by atoms with Crippen LogP contribution in [0.1, 0.15) is 25.5 Å². The number of anilines is 3. The van der Waals surface area contributed by atoms with Crippen LogP contribution in [0.2, 0.25) is 0 Å². The summed E-state index contributed by atoms with van der Waals surface area (Å²) in [4.78, 5) is 22.8. The molecule has 1 amide bonds. The van der Waals surface area contributed by atoms with Crippen molar-refractivity contribution in [3.05, 3.63) is 35.5 Å². The lowest BCUT2D eigenvalue weighted by Gasteiger charge is -2.37. The van der Waals surface area contributed by atoms with Gasteiger partial charge in [-0.25, -0.2) is 13.8 Å². The van der Waals surface area contributed by atoms with Gasteiger partial charge in [0.05, 0.1) is 5.69 Å². The summed E-state index contributed by atoms with van der Waals surface area (Å²) < 4.78 is 32.2. The number of fused-ring (bicyclic) bond motifs is 1. The molecule has 1 aromatic heterocycles. The third kappa shape index (κ3) is 3.32. The zero-order valence-electron chi connectivity index (χ0n) is 15.8. The topological polar surface area (TPSA) is 79.4 Å². The molecule has 148 valence electrons. The summed E-state index contributed by atoms with van der Waals surface area (Å²) in [5.41, 5.74) is 1.30. The SMILES string of the molecule is Cc1nc(N[C@H]2C[C@H](Oc3ccc(F)cc3F)C2)nc2c1NC(=O)[C@H](C)N2C. The number of hydrogen-bond donors (Lipinski definition) is 2. The molecule has 2 heterocycles. The van der Waals surface area contributed by atoms with Gasteiger partial charge >= 0.3 is 0 Å². The van der Waals surface area contributed by atoms with Crippen LogP contribution in [0.5, 0.6) is 5.75 Å². The van der Waals surface area contributed by atoms with E-state index in [4.69, 9.17) is 4.74 Å². The van der Waals surface area contributed by atoms with Gasteiger partial charge in [-0.15, -0.1) is 0 Å². The Bertz CT molecular complexity index is 933. The molecule has 0 unspecified atom stereocenters. The fourth-order valence-corrected chi connectivity index (χ4v) is 3.32. The zero-order valence-corrected chi connectivity index (χ0v) is 15.8. The van der Waals surface area contributed by atoms with Crippen molar-refractivity contribution < 1.29 is 18.3 Å². The highest BCUT2D eigenvalue weighted by Crippen LogP contribution is 2.34. The molecule has 1 aliphatic carbocycles. The lowest BCUT2D eigenvalue weighted by atomic mass is 9.89. The molecule has 0 spiro atoms. The summed E-state index contributed by atoms with van der Waals surface area (Å²) in [7, 11) is 1.82. The van der Waals surface area contributed by atoms with Crippen molar-refractivity contribution in [1.82, 2.24) is 9.97 Å². The van der Waals surface area contributed by atoms with Gasteiger partial charge in [-0.2, -0.15) is 4.98 Å². The quantitative estimate of drug-likeness (QED) is 0.837. The minimum atomic E-state index is -0.704. The molecule has 1 aromatic carbocycles. The summed E-state index contributed by atoms with van der Waals surface area (Å²) in [5.74, 6) is -0.227. The molecule has 9 heteroatoms. The molecule has 0 radical (unpaired) electrons. The van der Waals surface area contributed by atoms with Gasteiger partial charge in [0, 0.05) is 32.0 Å². The maximum atomic E-state index is 13.7. The number of aromatic nitrogens is 2. The Hall–Kier alpha value is -2.97. The Balaban J connectivity index is 1.40. The predicted octanol–water partition coefficient (Wildman–Crippen LogP) is 2.86. The van der Waals surface area contributed by atoms with E-state index in [1.807, 2.05) is 25.8 Å². The normalized spacial score (nSPS) is 23.5. The van der Waals surface area contributed by atoms with Crippen LogP contribution in [0.15, 0.2) is 18.2 Å². The summed E-state index contributed by atoms with van der Waals surface area (Å²) in [6, 6.07) is 3.05. The highest BCUT2D eigenvalue weighted by Gasteiger charge is 2.34. The molecule has 28 heavy (non-hydrogen) atoms. The summed E-state index contributed by atoms with van der Waals surface area (Å²) in [6.07, 6.45) is 1.15. The predicted molar refractivity (Wildman–Crippen MR) is 101 cm³/mol. The first kappa shape index (κ1) is 18.4. The first-order valence-electron chi connectivity index (χ1n) is 9.12. The van der Waals surface area contributed by atoms with Gasteiger partial charge in [0.1, 0.15) is 23.7 Å². The molecule has 2 aliphatic rings.